The molecule has 1 heterocycles. The monoisotopic (exact) mass is 143 g/mol. The Hall–Kier alpha value is -0.370. The number of nitrogens with one attached hydrogen (secondary N) is 1. The quantitative estimate of drug-likeness (QED) is 0.550. The van der Waals surface area contributed by atoms with Crippen LogP contribution in [0, 0.1) is 0 Å². The van der Waals surface area contributed by atoms with Gasteiger partial charge in [-0.2, -0.15) is 0 Å². The lowest BCUT2D eigenvalue weighted by Gasteiger charge is -2.27. The number of halogens is 1. The predicted octanol–water partition coefficient (Wildman–Crippen LogP) is 1.65. The average molecular weight is 143 g/mol. The van der Waals surface area contributed by atoms with E-state index in [1.807, 2.05) is 6.92 Å². The highest BCUT2D eigenvalue weighted by Crippen LogP contribution is 2.17. The van der Waals surface area contributed by atoms with Crippen molar-refractivity contribution in [3.8, 4) is 0 Å². The van der Waals surface area contributed by atoms with Crippen molar-refractivity contribution < 1.29 is 4.39 Å². The first-order chi connectivity index (χ1) is 4.74. The molecule has 2 unspecified atom stereocenters. The van der Waals surface area contributed by atoms with Crippen LogP contribution in [0.5, 0.6) is 0 Å². The second-order valence-electron chi connectivity index (χ2n) is 2.87. The minimum absolute atomic E-state index is 0.0606. The SMILES string of the molecule is C=C1CNC(CC)C(F)C1. The maximum absolute atomic E-state index is 13.0. The molecule has 0 aromatic carbocycles. The zero-order valence-corrected chi connectivity index (χ0v) is 6.36. The Morgan fingerprint density at radius 1 is 1.80 bits per heavy atom. The summed E-state index contributed by atoms with van der Waals surface area (Å²) in [6.07, 6.45) is 0.700. The van der Waals surface area contributed by atoms with Gasteiger partial charge in [0.1, 0.15) is 6.17 Å². The molecule has 0 aromatic heterocycles. The van der Waals surface area contributed by atoms with Crippen LogP contribution in [0.1, 0.15) is 19.8 Å². The van der Waals surface area contributed by atoms with Crippen molar-refractivity contribution in [3.05, 3.63) is 12.2 Å². The third-order valence-corrected chi connectivity index (χ3v) is 1.97. The minimum atomic E-state index is -0.716. The van der Waals surface area contributed by atoms with E-state index in [1.54, 1.807) is 0 Å². The van der Waals surface area contributed by atoms with E-state index in [9.17, 15) is 4.39 Å². The van der Waals surface area contributed by atoms with Crippen LogP contribution < -0.4 is 5.32 Å². The molecule has 1 aliphatic heterocycles. The fraction of sp³-hybridized carbons (Fsp3) is 0.750. The third kappa shape index (κ3) is 1.57. The number of piperidine rings is 1. The highest BCUT2D eigenvalue weighted by Gasteiger charge is 2.23. The Bertz CT molecular complexity index is 133. The van der Waals surface area contributed by atoms with Crippen LogP contribution in [-0.4, -0.2) is 18.8 Å². The van der Waals surface area contributed by atoms with E-state index in [4.69, 9.17) is 0 Å². The summed E-state index contributed by atoms with van der Waals surface area (Å²) in [5.74, 6) is 0. The lowest BCUT2D eigenvalue weighted by Crippen LogP contribution is -2.42. The standard InChI is InChI=1S/C8H14FN/c1-3-8-7(9)4-6(2)5-10-8/h7-8,10H,2-5H2,1H3. The highest BCUT2D eigenvalue weighted by atomic mass is 19.1. The zero-order valence-electron chi connectivity index (χ0n) is 6.36. The van der Waals surface area contributed by atoms with E-state index in [1.165, 1.54) is 0 Å². The Labute approximate surface area is 61.3 Å². The summed E-state index contributed by atoms with van der Waals surface area (Å²) < 4.78 is 13.0. The fourth-order valence-electron chi connectivity index (χ4n) is 1.29. The molecule has 0 radical (unpaired) electrons. The van der Waals surface area contributed by atoms with Crippen LogP contribution in [0.2, 0.25) is 0 Å². The molecular weight excluding hydrogens is 129 g/mol. The number of alkyl halides is 1. The van der Waals surface area contributed by atoms with Crippen molar-refractivity contribution in [1.29, 1.82) is 0 Å². The van der Waals surface area contributed by atoms with Gasteiger partial charge in [0.15, 0.2) is 0 Å². The first-order valence-corrected chi connectivity index (χ1v) is 3.78. The molecule has 0 bridgehead atoms. The number of hydrogen-bond acceptors (Lipinski definition) is 1. The Morgan fingerprint density at radius 3 is 3.00 bits per heavy atom. The first-order valence-electron chi connectivity index (χ1n) is 3.78. The van der Waals surface area contributed by atoms with Gasteiger partial charge < -0.3 is 5.32 Å². The highest BCUT2D eigenvalue weighted by molar-refractivity contribution is 5.05. The van der Waals surface area contributed by atoms with Crippen LogP contribution in [0.3, 0.4) is 0 Å². The minimum Gasteiger partial charge on any atom is -0.307 e. The number of hydrogen-bond donors (Lipinski definition) is 1. The normalized spacial score (nSPS) is 34.4. The molecule has 0 saturated carbocycles. The van der Waals surface area contributed by atoms with E-state index >= 15 is 0 Å². The van der Waals surface area contributed by atoms with Gasteiger partial charge in [-0.05, 0) is 6.42 Å². The van der Waals surface area contributed by atoms with Crippen molar-refractivity contribution in [2.45, 2.75) is 32.0 Å². The van der Waals surface area contributed by atoms with E-state index in [0.29, 0.717) is 6.42 Å². The fourth-order valence-corrected chi connectivity index (χ4v) is 1.29. The molecule has 58 valence electrons. The van der Waals surface area contributed by atoms with Gasteiger partial charge in [-0.1, -0.05) is 19.1 Å². The summed E-state index contributed by atoms with van der Waals surface area (Å²) in [5.41, 5.74) is 0.984. The molecule has 1 saturated heterocycles. The molecule has 1 fully saturated rings. The van der Waals surface area contributed by atoms with Crippen molar-refractivity contribution >= 4 is 0 Å². The van der Waals surface area contributed by atoms with Gasteiger partial charge >= 0.3 is 0 Å². The van der Waals surface area contributed by atoms with Crippen molar-refractivity contribution in [3.63, 3.8) is 0 Å². The Morgan fingerprint density at radius 2 is 2.50 bits per heavy atom. The van der Waals surface area contributed by atoms with E-state index in [0.717, 1.165) is 18.5 Å². The molecule has 0 aliphatic carbocycles. The Kier molecular flexibility index (Phi) is 2.44. The Balaban J connectivity index is 2.43. The maximum atomic E-state index is 13.0. The molecule has 10 heavy (non-hydrogen) atoms. The predicted molar refractivity (Wildman–Crippen MR) is 40.7 cm³/mol. The van der Waals surface area contributed by atoms with Gasteiger partial charge in [0.25, 0.3) is 0 Å². The molecule has 1 N–H and O–H groups in total. The molecule has 0 aromatic rings. The van der Waals surface area contributed by atoms with E-state index in [-0.39, 0.29) is 6.04 Å². The molecular formula is C8H14FN. The van der Waals surface area contributed by atoms with Crippen molar-refractivity contribution in [1.82, 2.24) is 5.32 Å². The summed E-state index contributed by atoms with van der Waals surface area (Å²) in [6, 6.07) is 0.0606. The summed E-state index contributed by atoms with van der Waals surface area (Å²) >= 11 is 0. The van der Waals surface area contributed by atoms with E-state index < -0.39 is 6.17 Å². The van der Waals surface area contributed by atoms with Crippen LogP contribution in [0.25, 0.3) is 0 Å². The van der Waals surface area contributed by atoms with Crippen molar-refractivity contribution in [2.24, 2.45) is 0 Å². The average Bonchev–Trinajstić information content (AvgIpc) is 1.88. The maximum Gasteiger partial charge on any atom is 0.119 e. The largest absolute Gasteiger partial charge is 0.307 e. The summed E-state index contributed by atoms with van der Waals surface area (Å²) in [4.78, 5) is 0. The van der Waals surface area contributed by atoms with Crippen LogP contribution in [0.15, 0.2) is 12.2 Å². The molecule has 2 heteroatoms. The van der Waals surface area contributed by atoms with Gasteiger partial charge in [-0.3, -0.25) is 0 Å². The van der Waals surface area contributed by atoms with Gasteiger partial charge in [0.2, 0.25) is 0 Å². The van der Waals surface area contributed by atoms with Crippen LogP contribution in [0.4, 0.5) is 4.39 Å². The molecule has 1 nitrogen and oxygen atoms in total. The van der Waals surface area contributed by atoms with Crippen LogP contribution in [-0.2, 0) is 0 Å². The summed E-state index contributed by atoms with van der Waals surface area (Å²) in [6.45, 7) is 6.52. The summed E-state index contributed by atoms with van der Waals surface area (Å²) in [5, 5.41) is 3.09. The van der Waals surface area contributed by atoms with E-state index in [2.05, 4.69) is 11.9 Å². The molecule has 1 rings (SSSR count). The van der Waals surface area contributed by atoms with Gasteiger partial charge in [-0.25, -0.2) is 4.39 Å². The summed E-state index contributed by atoms with van der Waals surface area (Å²) in [7, 11) is 0. The molecule has 0 amide bonds. The molecule has 2 atom stereocenters. The zero-order chi connectivity index (χ0) is 7.56. The lowest BCUT2D eigenvalue weighted by atomic mass is 9.98. The second kappa shape index (κ2) is 3.15. The molecule has 1 aliphatic rings. The van der Waals surface area contributed by atoms with Gasteiger partial charge in [0.05, 0.1) is 0 Å². The number of rotatable bonds is 1. The van der Waals surface area contributed by atoms with Gasteiger partial charge in [0, 0.05) is 19.0 Å². The first kappa shape index (κ1) is 7.73. The molecule has 0 spiro atoms. The third-order valence-electron chi connectivity index (χ3n) is 1.97. The van der Waals surface area contributed by atoms with Crippen molar-refractivity contribution in [2.75, 3.05) is 6.54 Å². The topological polar surface area (TPSA) is 12.0 Å². The smallest absolute Gasteiger partial charge is 0.119 e. The lowest BCUT2D eigenvalue weighted by molar-refractivity contribution is 0.224. The van der Waals surface area contributed by atoms with Crippen LogP contribution >= 0.6 is 0 Å². The second-order valence-corrected chi connectivity index (χ2v) is 2.87. The van der Waals surface area contributed by atoms with Gasteiger partial charge in [-0.15, -0.1) is 0 Å².